The molecule has 1 amide bonds. The van der Waals surface area contributed by atoms with Crippen molar-refractivity contribution in [2.24, 2.45) is 0 Å². The molecule has 2 aromatic rings. The maximum absolute atomic E-state index is 17.5. The van der Waals surface area contributed by atoms with Crippen molar-refractivity contribution in [3.63, 3.8) is 0 Å². The number of amides is 1. The first kappa shape index (κ1) is 31.1. The number of likely N-dealkylation sites (tertiary alicyclic amines) is 1. The summed E-state index contributed by atoms with van der Waals surface area (Å²) in [7, 11) is 21.4. The molecule has 1 aliphatic rings. The summed E-state index contributed by atoms with van der Waals surface area (Å²) < 4.78 is 31.3. The van der Waals surface area contributed by atoms with Crippen LogP contribution in [0.15, 0.2) is 30.6 Å². The van der Waals surface area contributed by atoms with E-state index in [2.05, 4.69) is 38.8 Å². The second-order valence-corrected chi connectivity index (χ2v) is 14.5. The molecule has 1 atom stereocenters. The van der Waals surface area contributed by atoms with Gasteiger partial charge in [0, 0.05) is 29.8 Å². The summed E-state index contributed by atoms with van der Waals surface area (Å²) in [6, 6.07) is 3.93. The van der Waals surface area contributed by atoms with Crippen LogP contribution >= 0.6 is 11.6 Å². The largest absolute Gasteiger partial charge is 0.350 e. The van der Waals surface area contributed by atoms with Crippen molar-refractivity contribution in [2.75, 3.05) is 6.54 Å². The summed E-state index contributed by atoms with van der Waals surface area (Å²) in [6.45, 7) is 0.173. The smallest absolute Gasteiger partial charge is 0.253 e. The number of rotatable bonds is 6. The number of hydrogen-bond acceptors (Lipinski definition) is 4. The summed E-state index contributed by atoms with van der Waals surface area (Å²) in [5.41, 5.74) is -0.412. The Bertz CT molecular complexity index is 1230. The summed E-state index contributed by atoms with van der Waals surface area (Å²) in [5, 5.41) is -0.139. The maximum atomic E-state index is 17.5. The minimum Gasteiger partial charge on any atom is -0.350 e. The van der Waals surface area contributed by atoms with Gasteiger partial charge in [-0.3, -0.25) is 4.79 Å². The monoisotopic (exact) mass is 526 g/mol. The van der Waals surface area contributed by atoms with Crippen molar-refractivity contribution in [1.29, 1.82) is 0 Å². The summed E-state index contributed by atoms with van der Waals surface area (Å²) in [4.78, 5) is 24.5. The van der Waals surface area contributed by atoms with Gasteiger partial charge in [-0.2, -0.15) is 0 Å². The van der Waals surface area contributed by atoms with Gasteiger partial charge in [0.25, 0.3) is 5.91 Å². The standard InChI is InChI=1S/C19H32B11ClF2N4O/c20-15(21)7-37(12(38)8-1-2-11(32)10(31)3-8)16(22,23)6-14(15,33)19(29,30)36-18(27,28)13-34-4-9(5-35-13)17(24,25)26/h1-5,36H,6-7,20-30H2. The molecular weight excluding hydrogens is 493 g/mol. The van der Waals surface area contributed by atoms with Gasteiger partial charge in [-0.15, -0.1) is 0 Å². The second kappa shape index (κ2) is 9.90. The summed E-state index contributed by atoms with van der Waals surface area (Å²) >= 11 is 5.95. The minimum atomic E-state index is -1.72. The molecule has 0 bridgehead atoms. The van der Waals surface area contributed by atoms with Crippen molar-refractivity contribution < 1.29 is 13.6 Å². The Labute approximate surface area is 240 Å². The topological polar surface area (TPSA) is 58.1 Å². The van der Waals surface area contributed by atoms with Crippen LogP contribution in [0.5, 0.6) is 0 Å². The van der Waals surface area contributed by atoms with Gasteiger partial charge >= 0.3 is 0 Å². The third-order valence-corrected chi connectivity index (χ3v) is 8.43. The molecule has 1 unspecified atom stereocenters. The van der Waals surface area contributed by atoms with E-state index in [0.29, 0.717) is 5.82 Å². The average molecular weight is 525 g/mol. The molecular formula is C19H32B11ClF2N4O. The van der Waals surface area contributed by atoms with Gasteiger partial charge in [-0.05, 0) is 46.1 Å². The first-order valence-electron chi connectivity index (χ1n) is 13.1. The van der Waals surface area contributed by atoms with Crippen LogP contribution in [0.1, 0.15) is 28.2 Å². The van der Waals surface area contributed by atoms with Crippen LogP contribution in [0.25, 0.3) is 0 Å². The highest BCUT2D eigenvalue weighted by Crippen LogP contribution is 2.52. The van der Waals surface area contributed by atoms with Crippen LogP contribution < -0.4 is 5.32 Å². The van der Waals surface area contributed by atoms with E-state index in [1.807, 2.05) is 75.2 Å². The van der Waals surface area contributed by atoms with Crippen molar-refractivity contribution >= 4 is 104 Å². The highest BCUT2D eigenvalue weighted by molar-refractivity contribution is 6.58. The molecule has 38 heavy (non-hydrogen) atoms. The lowest BCUT2D eigenvalue weighted by Crippen LogP contribution is -2.78. The SMILES string of the molecule is BC(B)(B)c1cnc(C(B)(B)NC(B)(B)C2(F)CC(B)(B)N(C(=O)c3ccc(F)c(Cl)c3)CC2(B)B)nc1. The number of benzene rings is 1. The van der Waals surface area contributed by atoms with Gasteiger partial charge in [0.05, 0.1) is 28.6 Å². The maximum Gasteiger partial charge on any atom is 0.253 e. The van der Waals surface area contributed by atoms with Gasteiger partial charge in [0.2, 0.25) is 0 Å². The Morgan fingerprint density at radius 3 is 2.08 bits per heavy atom. The number of halogens is 3. The Morgan fingerprint density at radius 2 is 1.58 bits per heavy atom. The molecule has 3 rings (SSSR count). The van der Waals surface area contributed by atoms with Gasteiger partial charge in [-0.25, -0.2) is 18.7 Å². The Hall–Kier alpha value is -1.41. The van der Waals surface area contributed by atoms with Gasteiger partial charge in [-0.1, -0.05) is 16.7 Å². The number of hydrogen-bond donors (Lipinski definition) is 1. The van der Waals surface area contributed by atoms with E-state index in [1.165, 1.54) is 18.2 Å². The van der Waals surface area contributed by atoms with Crippen molar-refractivity contribution in [3.05, 3.63) is 58.4 Å². The molecule has 1 saturated heterocycles. The van der Waals surface area contributed by atoms with Crippen LogP contribution in [-0.2, 0) is 10.5 Å². The number of aromatic nitrogens is 2. The molecule has 1 N–H and O–H groups in total. The van der Waals surface area contributed by atoms with E-state index in [1.54, 1.807) is 4.90 Å². The summed E-state index contributed by atoms with van der Waals surface area (Å²) in [6.07, 6.45) is 3.76. The van der Waals surface area contributed by atoms with Crippen LogP contribution in [0.3, 0.4) is 0 Å². The highest BCUT2D eigenvalue weighted by Gasteiger charge is 2.62. The zero-order valence-corrected chi connectivity index (χ0v) is 25.4. The van der Waals surface area contributed by atoms with Crippen molar-refractivity contribution in [1.82, 2.24) is 20.2 Å². The third-order valence-electron chi connectivity index (χ3n) is 8.14. The van der Waals surface area contributed by atoms with E-state index in [-0.39, 0.29) is 34.6 Å². The molecule has 5 nitrogen and oxygen atoms in total. The van der Waals surface area contributed by atoms with Gasteiger partial charge in [0.15, 0.2) is 0 Å². The lowest BCUT2D eigenvalue weighted by atomic mass is 9.31. The van der Waals surface area contributed by atoms with E-state index < -0.39 is 32.7 Å². The summed E-state index contributed by atoms with van der Waals surface area (Å²) in [5.74, 6) is -0.304. The predicted octanol–water partition coefficient (Wildman–Crippen LogP) is -8.28. The van der Waals surface area contributed by atoms with E-state index in [9.17, 15) is 9.18 Å². The van der Waals surface area contributed by atoms with E-state index >= 15 is 4.39 Å². The van der Waals surface area contributed by atoms with Crippen LogP contribution in [-0.4, -0.2) is 130 Å². The molecule has 0 radical (unpaired) electrons. The molecule has 0 saturated carbocycles. The number of nitrogens with zero attached hydrogens (tertiary/aromatic N) is 3. The normalized spacial score (nSPS) is 21.6. The van der Waals surface area contributed by atoms with E-state index in [4.69, 9.17) is 11.6 Å². The first-order valence-corrected chi connectivity index (χ1v) is 13.5. The van der Waals surface area contributed by atoms with Crippen molar-refractivity contribution in [3.8, 4) is 0 Å². The van der Waals surface area contributed by atoms with E-state index in [0.717, 1.165) is 5.56 Å². The zero-order valence-electron chi connectivity index (χ0n) is 24.7. The zero-order chi connectivity index (χ0) is 29.1. The second-order valence-electron chi connectivity index (χ2n) is 14.1. The number of alkyl halides is 1. The number of piperidine rings is 1. The van der Waals surface area contributed by atoms with Crippen LogP contribution in [0.4, 0.5) is 8.78 Å². The van der Waals surface area contributed by atoms with Crippen LogP contribution in [0, 0.1) is 5.82 Å². The molecule has 1 aliphatic heterocycles. The lowest BCUT2D eigenvalue weighted by Gasteiger charge is -2.63. The number of carbonyl (C=O) groups is 1. The fourth-order valence-electron chi connectivity index (χ4n) is 5.84. The average Bonchev–Trinajstić information content (AvgIpc) is 2.76. The molecule has 1 aromatic carbocycles. The lowest BCUT2D eigenvalue weighted by molar-refractivity contribution is -0.00211. The third kappa shape index (κ3) is 5.72. The highest BCUT2D eigenvalue weighted by atomic mass is 35.5. The van der Waals surface area contributed by atoms with Gasteiger partial charge in [0.1, 0.15) is 80.1 Å². The van der Waals surface area contributed by atoms with Crippen molar-refractivity contribution in [2.45, 2.75) is 38.4 Å². The molecule has 1 fully saturated rings. The molecule has 0 spiro atoms. The Balaban J connectivity index is 1.92. The molecule has 2 heterocycles. The quantitative estimate of drug-likeness (QED) is 0.382. The fourth-order valence-corrected chi connectivity index (χ4v) is 6.02. The number of carbonyl (C=O) groups excluding carboxylic acids is 1. The molecule has 188 valence electrons. The Morgan fingerprint density at radius 1 is 1.03 bits per heavy atom. The Kier molecular flexibility index (Phi) is 8.11. The molecule has 19 heteroatoms. The molecule has 1 aromatic heterocycles. The van der Waals surface area contributed by atoms with Gasteiger partial charge < -0.3 is 10.2 Å². The number of nitrogens with one attached hydrogen (secondary N) is 1. The minimum absolute atomic E-state index is 0.0708. The van der Waals surface area contributed by atoms with Crippen LogP contribution in [0.2, 0.25) is 10.2 Å². The first-order chi connectivity index (χ1) is 17.0. The predicted molar refractivity (Wildman–Crippen MR) is 182 cm³/mol. The fraction of sp³-hybridized carbons (Fsp3) is 0.421. The molecule has 0 aliphatic carbocycles.